The predicted molar refractivity (Wildman–Crippen MR) is 143 cm³/mol. The molecule has 7 nitrogen and oxygen atoms in total. The molecule has 1 aromatic carbocycles. The number of benzene rings is 1. The van der Waals surface area contributed by atoms with Crippen LogP contribution >= 0.6 is 0 Å². The molecule has 10 heteroatoms. The van der Waals surface area contributed by atoms with Gasteiger partial charge in [-0.05, 0) is 77.3 Å². The van der Waals surface area contributed by atoms with Crippen molar-refractivity contribution in [3.8, 4) is 11.1 Å². The third kappa shape index (κ3) is 6.20. The Morgan fingerprint density at radius 2 is 1.90 bits per heavy atom. The van der Waals surface area contributed by atoms with Gasteiger partial charge in [0.15, 0.2) is 0 Å². The topological polar surface area (TPSA) is 67.2 Å². The van der Waals surface area contributed by atoms with E-state index in [9.17, 15) is 22.8 Å². The van der Waals surface area contributed by atoms with Crippen LogP contribution in [0.2, 0.25) is 0 Å². The first kappa shape index (κ1) is 28.4. The van der Waals surface area contributed by atoms with E-state index in [-0.39, 0.29) is 17.6 Å². The van der Waals surface area contributed by atoms with Gasteiger partial charge in [0.2, 0.25) is 0 Å². The number of carbonyl (C=O) groups excluding carboxylic acids is 2. The second-order valence-corrected chi connectivity index (χ2v) is 11.3. The molecule has 0 saturated carbocycles. The molecule has 1 atom stereocenters. The average molecular weight is 545 g/mol. The van der Waals surface area contributed by atoms with Crippen LogP contribution in [0.4, 0.5) is 18.0 Å². The van der Waals surface area contributed by atoms with Gasteiger partial charge in [0.1, 0.15) is 17.2 Å². The molecule has 4 rings (SSSR count). The van der Waals surface area contributed by atoms with Gasteiger partial charge in [-0.25, -0.2) is 22.9 Å². The van der Waals surface area contributed by atoms with Crippen LogP contribution in [-0.4, -0.2) is 68.9 Å². The van der Waals surface area contributed by atoms with E-state index < -0.39 is 36.3 Å². The highest BCUT2D eigenvalue weighted by Gasteiger charge is 2.32. The lowest BCUT2D eigenvalue weighted by molar-refractivity contribution is 0.0292. The molecular weight excluding hydrogens is 509 g/mol. The molecule has 3 aromatic rings. The fraction of sp³-hybridized carbons (Fsp3) is 0.483. The van der Waals surface area contributed by atoms with Gasteiger partial charge >= 0.3 is 6.09 Å². The molecule has 1 unspecified atom stereocenters. The molecular formula is C29H35F3N4O3. The van der Waals surface area contributed by atoms with Crippen LogP contribution in [0.3, 0.4) is 0 Å². The van der Waals surface area contributed by atoms with Gasteiger partial charge in [-0.15, -0.1) is 0 Å². The number of halogens is 3. The molecule has 0 aliphatic carbocycles. The Bertz CT molecular complexity index is 1380. The number of nitrogens with zero attached hydrogens (tertiary/aromatic N) is 4. The first-order valence-corrected chi connectivity index (χ1v) is 13.1. The number of carbonyl (C=O) groups is 2. The normalized spacial score (nSPS) is 16.0. The third-order valence-electron chi connectivity index (χ3n) is 6.88. The molecule has 1 fully saturated rings. The van der Waals surface area contributed by atoms with Crippen LogP contribution in [-0.2, 0) is 4.74 Å². The molecule has 210 valence electrons. The fourth-order valence-corrected chi connectivity index (χ4v) is 4.97. The van der Waals surface area contributed by atoms with Crippen molar-refractivity contribution in [3.63, 3.8) is 0 Å². The monoisotopic (exact) mass is 544 g/mol. The summed E-state index contributed by atoms with van der Waals surface area (Å²) in [6, 6.07) is 5.28. The summed E-state index contributed by atoms with van der Waals surface area (Å²) in [4.78, 5) is 33.4. The number of hydrogen-bond acceptors (Lipinski definition) is 4. The number of aryl methyl sites for hydroxylation is 1. The summed E-state index contributed by atoms with van der Waals surface area (Å²) < 4.78 is 48.5. The van der Waals surface area contributed by atoms with Gasteiger partial charge in [-0.3, -0.25) is 4.79 Å². The lowest BCUT2D eigenvalue weighted by Crippen LogP contribution is -2.40. The van der Waals surface area contributed by atoms with Crippen LogP contribution in [0.5, 0.6) is 0 Å². The van der Waals surface area contributed by atoms with Crippen LogP contribution in [0.15, 0.2) is 36.7 Å². The van der Waals surface area contributed by atoms with Crippen molar-refractivity contribution >= 4 is 17.5 Å². The zero-order chi connectivity index (χ0) is 28.6. The summed E-state index contributed by atoms with van der Waals surface area (Å²) in [7, 11) is 0. The molecule has 0 spiro atoms. The lowest BCUT2D eigenvalue weighted by Gasteiger charge is -2.27. The van der Waals surface area contributed by atoms with E-state index in [4.69, 9.17) is 4.74 Å². The van der Waals surface area contributed by atoms with Crippen LogP contribution in [0, 0.1) is 12.7 Å². The molecule has 0 N–H and O–H groups in total. The minimum absolute atomic E-state index is 0.00376. The highest BCUT2D eigenvalue weighted by Crippen LogP contribution is 2.36. The van der Waals surface area contributed by atoms with Crippen molar-refractivity contribution in [3.05, 3.63) is 59.4 Å². The number of aromatic nitrogens is 2. The fourth-order valence-electron chi connectivity index (χ4n) is 4.97. The van der Waals surface area contributed by atoms with Gasteiger partial charge in [-0.2, -0.15) is 0 Å². The summed E-state index contributed by atoms with van der Waals surface area (Å²) in [5, 5.41) is 0. The Morgan fingerprint density at radius 3 is 2.54 bits per heavy atom. The molecule has 1 aliphatic heterocycles. The number of ether oxygens (including phenoxy) is 1. The van der Waals surface area contributed by atoms with Gasteiger partial charge in [0.25, 0.3) is 12.3 Å². The average Bonchev–Trinajstić information content (AvgIpc) is 3.48. The second kappa shape index (κ2) is 10.9. The maximum absolute atomic E-state index is 14.4. The van der Waals surface area contributed by atoms with Gasteiger partial charge < -0.3 is 18.9 Å². The summed E-state index contributed by atoms with van der Waals surface area (Å²) >= 11 is 0. The van der Waals surface area contributed by atoms with Crippen molar-refractivity contribution in [1.82, 2.24) is 19.2 Å². The second-order valence-electron chi connectivity index (χ2n) is 11.3. The largest absolute Gasteiger partial charge is 0.444 e. The Labute approximate surface area is 226 Å². The van der Waals surface area contributed by atoms with Crippen molar-refractivity contribution in [2.75, 3.05) is 19.6 Å². The van der Waals surface area contributed by atoms with Crippen molar-refractivity contribution in [2.24, 2.45) is 0 Å². The van der Waals surface area contributed by atoms with Gasteiger partial charge in [0, 0.05) is 36.8 Å². The third-order valence-corrected chi connectivity index (χ3v) is 6.88. The van der Waals surface area contributed by atoms with E-state index in [1.54, 1.807) is 24.9 Å². The molecule has 3 heterocycles. The Hall–Kier alpha value is -3.56. The first-order valence-electron chi connectivity index (χ1n) is 13.1. The van der Waals surface area contributed by atoms with E-state index in [0.29, 0.717) is 42.0 Å². The van der Waals surface area contributed by atoms with Gasteiger partial charge in [-0.1, -0.05) is 6.07 Å². The molecule has 39 heavy (non-hydrogen) atoms. The quantitative estimate of drug-likeness (QED) is 0.366. The molecule has 2 amide bonds. The number of imidazole rings is 1. The zero-order valence-electron chi connectivity index (χ0n) is 23.2. The van der Waals surface area contributed by atoms with Crippen molar-refractivity contribution in [1.29, 1.82) is 0 Å². The van der Waals surface area contributed by atoms with Gasteiger partial charge in [0.05, 0.1) is 23.8 Å². The highest BCUT2D eigenvalue weighted by atomic mass is 19.3. The molecule has 0 radical (unpaired) electrons. The summed E-state index contributed by atoms with van der Waals surface area (Å²) in [5.41, 5.74) is 2.08. The summed E-state index contributed by atoms with van der Waals surface area (Å²) in [5.74, 6) is -0.597. The number of pyridine rings is 1. The lowest BCUT2D eigenvalue weighted by atomic mass is 9.93. The number of likely N-dealkylation sites (tertiary alicyclic amines) is 1. The highest BCUT2D eigenvalue weighted by molar-refractivity contribution is 6.03. The molecule has 0 bridgehead atoms. The SMILES string of the molecule is Cc1ncc2c(-c3ccc(F)cc3C(=O)N(CC(F)F)C(C)C)cc(C3CCN(C(=O)OC(C)(C)C)C3)cn12. The summed E-state index contributed by atoms with van der Waals surface area (Å²) in [6.45, 7) is 10.9. The van der Waals surface area contributed by atoms with E-state index in [0.717, 1.165) is 16.5 Å². The van der Waals surface area contributed by atoms with E-state index >= 15 is 0 Å². The minimum Gasteiger partial charge on any atom is -0.444 e. The van der Waals surface area contributed by atoms with Crippen LogP contribution in [0.1, 0.15) is 68.7 Å². The molecule has 2 aromatic heterocycles. The number of amides is 2. The van der Waals surface area contributed by atoms with Crippen molar-refractivity contribution < 1.29 is 27.5 Å². The van der Waals surface area contributed by atoms with E-state index in [2.05, 4.69) is 4.98 Å². The Kier molecular flexibility index (Phi) is 7.95. The Balaban J connectivity index is 1.78. The standard InChI is InChI=1S/C29H35F3N4O3/c1-17(2)35(16-26(31)32)27(37)24-12-21(30)7-8-22(24)23-11-20(15-36-18(3)33-13-25(23)36)19-9-10-34(14-19)28(38)39-29(4,5)6/h7-8,11-13,15,17,19,26H,9-10,14,16H2,1-6H3. The van der Waals surface area contributed by atoms with E-state index in [1.165, 1.54) is 12.1 Å². The first-order chi connectivity index (χ1) is 18.2. The smallest absolute Gasteiger partial charge is 0.410 e. The maximum Gasteiger partial charge on any atom is 0.410 e. The van der Waals surface area contributed by atoms with Crippen LogP contribution < -0.4 is 0 Å². The minimum atomic E-state index is -2.73. The Morgan fingerprint density at radius 1 is 1.18 bits per heavy atom. The number of alkyl halides is 2. The molecule has 1 aliphatic rings. The number of rotatable bonds is 6. The predicted octanol–water partition coefficient (Wildman–Crippen LogP) is 6.29. The zero-order valence-corrected chi connectivity index (χ0v) is 23.2. The molecule has 1 saturated heterocycles. The summed E-state index contributed by atoms with van der Waals surface area (Å²) in [6.07, 6.45) is 1.25. The van der Waals surface area contributed by atoms with Crippen LogP contribution in [0.25, 0.3) is 16.6 Å². The maximum atomic E-state index is 14.4. The number of fused-ring (bicyclic) bond motifs is 1. The number of hydrogen-bond donors (Lipinski definition) is 0. The van der Waals surface area contributed by atoms with E-state index in [1.807, 2.05) is 44.4 Å². The van der Waals surface area contributed by atoms with Crippen molar-refractivity contribution in [2.45, 2.75) is 71.9 Å².